The topological polar surface area (TPSA) is 87.7 Å². The Morgan fingerprint density at radius 1 is 1.04 bits per heavy atom. The van der Waals surface area contributed by atoms with Crippen molar-refractivity contribution in [2.75, 3.05) is 24.3 Å². The number of fused-ring (bicyclic) bond motifs is 1. The molecule has 0 aliphatic carbocycles. The number of nitrogens with one attached hydrogen (secondary N) is 2. The Bertz CT molecular complexity index is 953. The minimum absolute atomic E-state index is 0.176. The van der Waals surface area contributed by atoms with E-state index in [1.807, 2.05) is 26.8 Å². The zero-order valence-corrected chi connectivity index (χ0v) is 16.3. The number of rotatable bonds is 5. The average Bonchev–Trinajstić information content (AvgIpc) is 2.86. The Kier molecular flexibility index (Phi) is 5.35. The monoisotopic (exact) mass is 381 g/mol. The number of hydrogen-bond acceptors (Lipinski definition) is 4. The molecular formula is C21H23N3O4. The number of carbonyl (C=O) groups is 3. The SMILES string of the molecule is COc1ccc(C)cc1NC(=O)Nc1ccc2c(c1)C(=O)N(CC(C)C)C2=O. The van der Waals surface area contributed by atoms with Crippen molar-refractivity contribution in [3.63, 3.8) is 0 Å². The predicted octanol–water partition coefficient (Wildman–Crippen LogP) is 3.90. The van der Waals surface area contributed by atoms with Gasteiger partial charge in [0.15, 0.2) is 0 Å². The van der Waals surface area contributed by atoms with Crippen LogP contribution in [0, 0.1) is 12.8 Å². The van der Waals surface area contributed by atoms with Crippen LogP contribution in [0.4, 0.5) is 16.2 Å². The van der Waals surface area contributed by atoms with Gasteiger partial charge in [-0.15, -0.1) is 0 Å². The second-order valence-corrected chi connectivity index (χ2v) is 7.16. The molecule has 0 spiro atoms. The number of anilines is 2. The molecule has 0 bridgehead atoms. The van der Waals surface area contributed by atoms with E-state index in [-0.39, 0.29) is 17.7 Å². The van der Waals surface area contributed by atoms with Gasteiger partial charge in [-0.3, -0.25) is 14.5 Å². The molecule has 2 N–H and O–H groups in total. The molecule has 7 heteroatoms. The third-order valence-electron chi connectivity index (χ3n) is 4.38. The van der Waals surface area contributed by atoms with Gasteiger partial charge in [-0.1, -0.05) is 19.9 Å². The lowest BCUT2D eigenvalue weighted by Gasteiger charge is -2.15. The lowest BCUT2D eigenvalue weighted by atomic mass is 10.1. The fourth-order valence-electron chi connectivity index (χ4n) is 3.10. The zero-order valence-electron chi connectivity index (χ0n) is 16.3. The Hall–Kier alpha value is -3.35. The number of urea groups is 1. The standard InChI is InChI=1S/C21H23N3O4/c1-12(2)11-24-19(25)15-7-6-14(10-16(15)20(24)26)22-21(27)23-17-9-13(3)5-8-18(17)28-4/h5-10,12H,11H2,1-4H3,(H2,22,23,27). The molecule has 7 nitrogen and oxygen atoms in total. The summed E-state index contributed by atoms with van der Waals surface area (Å²) in [6.07, 6.45) is 0. The first kappa shape index (κ1) is 19.4. The van der Waals surface area contributed by atoms with Crippen molar-refractivity contribution in [1.29, 1.82) is 0 Å². The number of hydrogen-bond donors (Lipinski definition) is 2. The molecule has 3 rings (SSSR count). The first-order valence-corrected chi connectivity index (χ1v) is 9.03. The van der Waals surface area contributed by atoms with Gasteiger partial charge in [0, 0.05) is 12.2 Å². The van der Waals surface area contributed by atoms with Crippen LogP contribution >= 0.6 is 0 Å². The van der Waals surface area contributed by atoms with Crippen LogP contribution in [0.3, 0.4) is 0 Å². The highest BCUT2D eigenvalue weighted by molar-refractivity contribution is 6.22. The number of carbonyl (C=O) groups excluding carboxylic acids is 3. The van der Waals surface area contributed by atoms with Crippen LogP contribution in [-0.4, -0.2) is 36.4 Å². The van der Waals surface area contributed by atoms with Gasteiger partial charge in [0.2, 0.25) is 0 Å². The fourth-order valence-corrected chi connectivity index (χ4v) is 3.10. The van der Waals surface area contributed by atoms with E-state index in [0.717, 1.165) is 5.56 Å². The summed E-state index contributed by atoms with van der Waals surface area (Å²) in [5.74, 6) is 0.0852. The fraction of sp³-hybridized carbons (Fsp3) is 0.286. The Labute approximate surface area is 163 Å². The van der Waals surface area contributed by atoms with E-state index in [1.165, 1.54) is 18.1 Å². The second-order valence-electron chi connectivity index (χ2n) is 7.16. The number of ether oxygens (including phenoxy) is 1. The molecule has 0 saturated carbocycles. The van der Waals surface area contributed by atoms with Gasteiger partial charge in [0.25, 0.3) is 11.8 Å². The molecule has 28 heavy (non-hydrogen) atoms. The van der Waals surface area contributed by atoms with E-state index in [4.69, 9.17) is 4.74 Å². The van der Waals surface area contributed by atoms with Crippen molar-refractivity contribution >= 4 is 29.2 Å². The third-order valence-corrected chi connectivity index (χ3v) is 4.38. The van der Waals surface area contributed by atoms with E-state index in [9.17, 15) is 14.4 Å². The predicted molar refractivity (Wildman–Crippen MR) is 107 cm³/mol. The maximum absolute atomic E-state index is 12.6. The van der Waals surface area contributed by atoms with Gasteiger partial charge < -0.3 is 15.4 Å². The molecule has 4 amide bonds. The van der Waals surface area contributed by atoms with Gasteiger partial charge in [0.1, 0.15) is 5.75 Å². The highest BCUT2D eigenvalue weighted by atomic mass is 16.5. The summed E-state index contributed by atoms with van der Waals surface area (Å²) in [4.78, 5) is 38.6. The van der Waals surface area contributed by atoms with Crippen LogP contribution < -0.4 is 15.4 Å². The van der Waals surface area contributed by atoms with Crippen molar-refractivity contribution in [3.05, 3.63) is 53.1 Å². The first-order chi connectivity index (χ1) is 13.3. The maximum atomic E-state index is 12.6. The molecule has 0 saturated heterocycles. The molecule has 0 atom stereocenters. The smallest absolute Gasteiger partial charge is 0.323 e. The summed E-state index contributed by atoms with van der Waals surface area (Å²) in [7, 11) is 1.53. The zero-order chi connectivity index (χ0) is 20.4. The number of amides is 4. The number of methoxy groups -OCH3 is 1. The summed E-state index contributed by atoms with van der Waals surface area (Å²) in [5.41, 5.74) is 2.60. The van der Waals surface area contributed by atoms with Crippen molar-refractivity contribution in [2.45, 2.75) is 20.8 Å². The normalized spacial score (nSPS) is 13.0. The van der Waals surface area contributed by atoms with E-state index < -0.39 is 6.03 Å². The Morgan fingerprint density at radius 3 is 2.43 bits per heavy atom. The lowest BCUT2D eigenvalue weighted by Crippen LogP contribution is -2.33. The molecule has 1 aliphatic rings. The Balaban J connectivity index is 1.76. The molecule has 0 unspecified atom stereocenters. The van der Waals surface area contributed by atoms with E-state index >= 15 is 0 Å². The molecule has 1 aliphatic heterocycles. The molecule has 1 heterocycles. The summed E-state index contributed by atoms with van der Waals surface area (Å²) in [6, 6.07) is 9.69. The maximum Gasteiger partial charge on any atom is 0.323 e. The number of nitrogens with zero attached hydrogens (tertiary/aromatic N) is 1. The summed E-state index contributed by atoms with van der Waals surface area (Å²) in [5, 5.41) is 5.43. The van der Waals surface area contributed by atoms with Crippen LogP contribution in [0.25, 0.3) is 0 Å². The van der Waals surface area contributed by atoms with Gasteiger partial charge in [0.05, 0.1) is 23.9 Å². The quantitative estimate of drug-likeness (QED) is 0.769. The van der Waals surface area contributed by atoms with Gasteiger partial charge in [-0.2, -0.15) is 0 Å². The van der Waals surface area contributed by atoms with E-state index in [0.29, 0.717) is 34.8 Å². The molecular weight excluding hydrogens is 358 g/mol. The van der Waals surface area contributed by atoms with Gasteiger partial charge in [-0.25, -0.2) is 4.79 Å². The highest BCUT2D eigenvalue weighted by Crippen LogP contribution is 2.28. The first-order valence-electron chi connectivity index (χ1n) is 9.03. The van der Waals surface area contributed by atoms with Gasteiger partial charge in [-0.05, 0) is 48.7 Å². The summed E-state index contributed by atoms with van der Waals surface area (Å²) in [6.45, 7) is 6.16. The van der Waals surface area contributed by atoms with Crippen LogP contribution in [0.2, 0.25) is 0 Å². The van der Waals surface area contributed by atoms with Crippen LogP contribution in [0.1, 0.15) is 40.1 Å². The van der Waals surface area contributed by atoms with Crippen molar-refractivity contribution in [3.8, 4) is 5.75 Å². The minimum Gasteiger partial charge on any atom is -0.495 e. The van der Waals surface area contributed by atoms with Crippen molar-refractivity contribution in [1.82, 2.24) is 4.90 Å². The molecule has 0 fully saturated rings. The molecule has 2 aromatic rings. The van der Waals surface area contributed by atoms with Crippen LogP contribution in [0.5, 0.6) is 5.75 Å². The van der Waals surface area contributed by atoms with Crippen molar-refractivity contribution < 1.29 is 19.1 Å². The summed E-state index contributed by atoms with van der Waals surface area (Å²) < 4.78 is 5.25. The summed E-state index contributed by atoms with van der Waals surface area (Å²) >= 11 is 0. The molecule has 146 valence electrons. The largest absolute Gasteiger partial charge is 0.495 e. The van der Waals surface area contributed by atoms with E-state index in [1.54, 1.807) is 24.3 Å². The minimum atomic E-state index is -0.473. The van der Waals surface area contributed by atoms with Crippen molar-refractivity contribution in [2.24, 2.45) is 5.92 Å². The molecule has 0 aromatic heterocycles. The number of aryl methyl sites for hydroxylation is 1. The molecule has 0 radical (unpaired) electrons. The number of benzene rings is 2. The van der Waals surface area contributed by atoms with Crippen LogP contribution in [-0.2, 0) is 0 Å². The average molecular weight is 381 g/mol. The molecule has 2 aromatic carbocycles. The number of imide groups is 1. The lowest BCUT2D eigenvalue weighted by molar-refractivity contribution is 0.0636. The third kappa shape index (κ3) is 3.83. The van der Waals surface area contributed by atoms with Gasteiger partial charge >= 0.3 is 6.03 Å². The highest BCUT2D eigenvalue weighted by Gasteiger charge is 2.35. The van der Waals surface area contributed by atoms with Crippen LogP contribution in [0.15, 0.2) is 36.4 Å². The second kappa shape index (κ2) is 7.72. The van der Waals surface area contributed by atoms with E-state index in [2.05, 4.69) is 10.6 Å². The Morgan fingerprint density at radius 2 is 1.75 bits per heavy atom.